The van der Waals surface area contributed by atoms with Crippen LogP contribution in [0.5, 0.6) is 0 Å². The van der Waals surface area contributed by atoms with Crippen molar-refractivity contribution in [1.82, 2.24) is 0 Å². The van der Waals surface area contributed by atoms with Crippen molar-refractivity contribution in [1.29, 1.82) is 0 Å². The number of ether oxygens (including phenoxy) is 2. The fourth-order valence-corrected chi connectivity index (χ4v) is 2.46. The predicted molar refractivity (Wildman–Crippen MR) is 92.9 cm³/mol. The molecule has 0 saturated heterocycles. The van der Waals surface area contributed by atoms with Crippen LogP contribution < -0.4 is 0 Å². The van der Waals surface area contributed by atoms with Gasteiger partial charge >= 0.3 is 5.97 Å². The maximum atomic E-state index is 10.4. The van der Waals surface area contributed by atoms with Crippen LogP contribution in [0.1, 0.15) is 77.6 Å². The molecule has 1 unspecified atom stereocenters. The lowest BCUT2D eigenvalue weighted by Gasteiger charge is -2.20. The highest BCUT2D eigenvalue weighted by atomic mass is 16.6. The molecule has 24 heavy (non-hydrogen) atoms. The first kappa shape index (κ1) is 23.3. The van der Waals surface area contributed by atoms with Gasteiger partial charge in [-0.15, -0.1) is 0 Å². The molecule has 0 rings (SSSR count). The molecular weight excluding hydrogens is 312 g/mol. The highest BCUT2D eigenvalue weighted by Crippen LogP contribution is 2.11. The summed E-state index contributed by atoms with van der Waals surface area (Å²) in [6.45, 7) is 2.26. The van der Waals surface area contributed by atoms with Crippen LogP contribution in [0.3, 0.4) is 0 Å². The summed E-state index contributed by atoms with van der Waals surface area (Å²) < 4.78 is 10.3. The Labute approximate surface area is 146 Å². The van der Waals surface area contributed by atoms with Crippen molar-refractivity contribution in [3.05, 3.63) is 0 Å². The Hall–Kier alpha value is -0.690. The summed E-state index contributed by atoms with van der Waals surface area (Å²) in [5.41, 5.74) is 0. The normalized spacial score (nSPS) is 15.2. The second kappa shape index (κ2) is 15.8. The Bertz CT molecular complexity index is 297. The monoisotopic (exact) mass is 348 g/mol. The number of carboxylic acids is 1. The smallest absolute Gasteiger partial charge is 0.303 e. The second-order valence-corrected chi connectivity index (χ2v) is 6.40. The van der Waals surface area contributed by atoms with Crippen molar-refractivity contribution >= 4 is 5.97 Å². The summed E-state index contributed by atoms with van der Waals surface area (Å²) >= 11 is 0. The van der Waals surface area contributed by atoms with Gasteiger partial charge < -0.3 is 24.8 Å². The van der Waals surface area contributed by atoms with Gasteiger partial charge in [-0.2, -0.15) is 0 Å². The minimum Gasteiger partial charge on any atom is -0.481 e. The average Bonchev–Trinajstić information content (AvgIpc) is 2.54. The molecule has 3 N–H and O–H groups in total. The number of aliphatic hydroxyl groups is 2. The molecule has 0 heterocycles. The average molecular weight is 348 g/mol. The van der Waals surface area contributed by atoms with Crippen LogP contribution in [-0.2, 0) is 14.3 Å². The quantitative estimate of drug-likeness (QED) is 0.276. The molecule has 0 aromatic carbocycles. The van der Waals surface area contributed by atoms with Crippen LogP contribution in [0.2, 0.25) is 0 Å². The summed E-state index contributed by atoms with van der Waals surface area (Å²) in [4.78, 5) is 10.4. The van der Waals surface area contributed by atoms with Crippen LogP contribution in [0.15, 0.2) is 0 Å². The standard InChI is InChI=1S/C18H36O6/c1-15(23-2)16(19)14-18(22)24-13-11-9-7-5-3-4-6-8-10-12-17(20)21/h15-16,18-19,22H,3-14H2,1-2H3,(H,20,21)/t15?,16-,18-/m1/s1. The van der Waals surface area contributed by atoms with Crippen molar-refractivity contribution in [2.45, 2.75) is 96.1 Å². The number of rotatable bonds is 17. The van der Waals surface area contributed by atoms with Crippen LogP contribution in [-0.4, -0.2) is 53.5 Å². The topological polar surface area (TPSA) is 96.2 Å². The van der Waals surface area contributed by atoms with Gasteiger partial charge in [-0.1, -0.05) is 44.9 Å². The van der Waals surface area contributed by atoms with Crippen molar-refractivity contribution in [2.24, 2.45) is 0 Å². The lowest BCUT2D eigenvalue weighted by atomic mass is 10.1. The van der Waals surface area contributed by atoms with E-state index in [4.69, 9.17) is 14.6 Å². The van der Waals surface area contributed by atoms with Crippen LogP contribution in [0.25, 0.3) is 0 Å². The first-order valence-corrected chi connectivity index (χ1v) is 9.19. The van der Waals surface area contributed by atoms with E-state index in [0.717, 1.165) is 38.5 Å². The predicted octanol–water partition coefficient (Wildman–Crippen LogP) is 3.09. The first-order valence-electron chi connectivity index (χ1n) is 9.19. The van der Waals surface area contributed by atoms with Gasteiger partial charge in [-0.3, -0.25) is 4.79 Å². The maximum Gasteiger partial charge on any atom is 0.303 e. The van der Waals surface area contributed by atoms with E-state index in [2.05, 4.69) is 0 Å². The summed E-state index contributed by atoms with van der Waals surface area (Å²) in [7, 11) is 1.52. The molecule has 0 aromatic heterocycles. The second-order valence-electron chi connectivity index (χ2n) is 6.40. The van der Waals surface area contributed by atoms with Gasteiger partial charge in [0.2, 0.25) is 0 Å². The Morgan fingerprint density at radius 3 is 1.92 bits per heavy atom. The van der Waals surface area contributed by atoms with E-state index in [0.29, 0.717) is 6.61 Å². The molecule has 144 valence electrons. The molecule has 6 heteroatoms. The number of hydrogen-bond acceptors (Lipinski definition) is 5. The molecule has 0 aliphatic rings. The van der Waals surface area contributed by atoms with E-state index in [1.54, 1.807) is 6.92 Å². The number of carboxylic acid groups (broad SMARTS) is 1. The zero-order valence-electron chi connectivity index (χ0n) is 15.3. The van der Waals surface area contributed by atoms with Crippen molar-refractivity contribution in [2.75, 3.05) is 13.7 Å². The first-order chi connectivity index (χ1) is 11.5. The lowest BCUT2D eigenvalue weighted by molar-refractivity contribution is -0.137. The molecule has 3 atom stereocenters. The van der Waals surface area contributed by atoms with Crippen LogP contribution >= 0.6 is 0 Å². The third kappa shape index (κ3) is 14.9. The SMILES string of the molecule is COC(C)[C@H](O)C[C@H](O)OCCCCCCCCCCCC(=O)O. The molecule has 0 bridgehead atoms. The molecular formula is C18H36O6. The molecule has 0 aliphatic heterocycles. The number of hydrogen-bond donors (Lipinski definition) is 3. The molecule has 0 aromatic rings. The number of aliphatic hydroxyl groups excluding tert-OH is 2. The van der Waals surface area contributed by atoms with Crippen LogP contribution in [0, 0.1) is 0 Å². The Morgan fingerprint density at radius 1 is 0.917 bits per heavy atom. The largest absolute Gasteiger partial charge is 0.481 e. The van der Waals surface area contributed by atoms with E-state index in [1.165, 1.54) is 26.4 Å². The highest BCUT2D eigenvalue weighted by molar-refractivity contribution is 5.66. The van der Waals surface area contributed by atoms with E-state index >= 15 is 0 Å². The van der Waals surface area contributed by atoms with Crippen molar-refractivity contribution in [3.8, 4) is 0 Å². The van der Waals surface area contributed by atoms with Gasteiger partial charge in [0.05, 0.1) is 12.2 Å². The lowest BCUT2D eigenvalue weighted by Crippen LogP contribution is -2.30. The fourth-order valence-electron chi connectivity index (χ4n) is 2.46. The Balaban J connectivity index is 3.29. The molecule has 0 radical (unpaired) electrons. The summed E-state index contributed by atoms with van der Waals surface area (Å²) in [5, 5.41) is 27.9. The van der Waals surface area contributed by atoms with Gasteiger partial charge in [0.25, 0.3) is 0 Å². The molecule has 0 spiro atoms. The molecule has 0 fully saturated rings. The summed E-state index contributed by atoms with van der Waals surface area (Å²) in [5.74, 6) is -0.704. The zero-order valence-corrected chi connectivity index (χ0v) is 15.3. The van der Waals surface area contributed by atoms with E-state index in [1.807, 2.05) is 0 Å². The molecule has 0 aliphatic carbocycles. The third-order valence-corrected chi connectivity index (χ3v) is 4.20. The highest BCUT2D eigenvalue weighted by Gasteiger charge is 2.18. The molecule has 0 amide bonds. The van der Waals surface area contributed by atoms with E-state index in [9.17, 15) is 15.0 Å². The van der Waals surface area contributed by atoms with Crippen LogP contribution in [0.4, 0.5) is 0 Å². The zero-order chi connectivity index (χ0) is 18.2. The minimum atomic E-state index is -0.941. The maximum absolute atomic E-state index is 10.4. The van der Waals surface area contributed by atoms with Gasteiger partial charge in [0.15, 0.2) is 6.29 Å². The van der Waals surface area contributed by atoms with Gasteiger partial charge in [-0.25, -0.2) is 0 Å². The number of methoxy groups -OCH3 is 1. The number of carbonyl (C=O) groups is 1. The van der Waals surface area contributed by atoms with Gasteiger partial charge in [0.1, 0.15) is 0 Å². The van der Waals surface area contributed by atoms with Crippen molar-refractivity contribution < 1.29 is 29.6 Å². The summed E-state index contributed by atoms with van der Waals surface area (Å²) in [6, 6.07) is 0. The third-order valence-electron chi connectivity index (χ3n) is 4.20. The van der Waals surface area contributed by atoms with E-state index < -0.39 is 18.4 Å². The number of aliphatic carboxylic acids is 1. The van der Waals surface area contributed by atoms with Gasteiger partial charge in [0, 0.05) is 26.6 Å². The van der Waals surface area contributed by atoms with Gasteiger partial charge in [-0.05, 0) is 19.8 Å². The van der Waals surface area contributed by atoms with E-state index in [-0.39, 0.29) is 18.9 Å². The Kier molecular flexibility index (Phi) is 15.4. The minimum absolute atomic E-state index is 0.164. The number of unbranched alkanes of at least 4 members (excludes halogenated alkanes) is 8. The molecule has 0 saturated carbocycles. The fraction of sp³-hybridized carbons (Fsp3) is 0.944. The summed E-state index contributed by atoms with van der Waals surface area (Å²) in [6.07, 6.45) is 8.06. The van der Waals surface area contributed by atoms with Crippen molar-refractivity contribution in [3.63, 3.8) is 0 Å². The Morgan fingerprint density at radius 2 is 1.42 bits per heavy atom. The molecule has 6 nitrogen and oxygen atoms in total.